The molecular weight excluding hydrogens is 302 g/mol. The van der Waals surface area contributed by atoms with Gasteiger partial charge in [0.05, 0.1) is 17.8 Å². The normalized spacial score (nSPS) is 10.4. The van der Waals surface area contributed by atoms with Crippen molar-refractivity contribution in [3.05, 3.63) is 65.9 Å². The average molecular weight is 321 g/mol. The van der Waals surface area contributed by atoms with Gasteiger partial charge in [-0.25, -0.2) is 0 Å². The van der Waals surface area contributed by atoms with E-state index in [4.69, 9.17) is 4.74 Å². The molecule has 0 saturated carbocycles. The van der Waals surface area contributed by atoms with Crippen LogP contribution in [0.1, 0.15) is 23.0 Å². The molecule has 2 aromatic carbocycles. The molecule has 5 nitrogen and oxygen atoms in total. The van der Waals surface area contributed by atoms with E-state index in [0.29, 0.717) is 12.2 Å². The van der Waals surface area contributed by atoms with E-state index in [1.54, 1.807) is 12.1 Å². The maximum atomic E-state index is 12.2. The molecule has 3 aromatic rings. The van der Waals surface area contributed by atoms with Gasteiger partial charge < -0.3 is 4.74 Å². The number of aryl methyl sites for hydroxylation is 1. The lowest BCUT2D eigenvalue weighted by Crippen LogP contribution is -2.29. The van der Waals surface area contributed by atoms with Gasteiger partial charge in [-0.15, -0.1) is 0 Å². The quantitative estimate of drug-likeness (QED) is 0.703. The predicted octanol–water partition coefficient (Wildman–Crippen LogP) is 3.70. The highest BCUT2D eigenvalue weighted by Gasteiger charge is 2.08. The number of hydrogen-bond donors (Lipinski definition) is 2. The van der Waals surface area contributed by atoms with Gasteiger partial charge in [-0.3, -0.25) is 20.6 Å². The summed E-state index contributed by atoms with van der Waals surface area (Å²) in [5, 5.41) is 0.914. The summed E-state index contributed by atoms with van der Waals surface area (Å²) < 4.78 is 5.52. The Hall–Kier alpha value is -3.08. The summed E-state index contributed by atoms with van der Waals surface area (Å²) in [5.74, 6) is 0.589. The van der Waals surface area contributed by atoms with E-state index in [1.165, 1.54) is 0 Å². The molecule has 0 aliphatic heterocycles. The van der Waals surface area contributed by atoms with Gasteiger partial charge in [-0.05, 0) is 44.2 Å². The summed E-state index contributed by atoms with van der Waals surface area (Å²) in [7, 11) is 0. The van der Waals surface area contributed by atoms with Crippen LogP contribution in [0.15, 0.2) is 54.6 Å². The van der Waals surface area contributed by atoms with Crippen molar-refractivity contribution >= 4 is 22.5 Å². The Balaban J connectivity index is 1.85. The number of hydrazine groups is 1. The first-order valence-electron chi connectivity index (χ1n) is 7.83. The topological polar surface area (TPSA) is 63.2 Å². The summed E-state index contributed by atoms with van der Waals surface area (Å²) in [6, 6.07) is 16.7. The predicted molar refractivity (Wildman–Crippen MR) is 95.2 cm³/mol. The number of nitrogens with one attached hydrogen (secondary N) is 2. The second-order valence-corrected chi connectivity index (χ2v) is 5.37. The van der Waals surface area contributed by atoms with Crippen LogP contribution in [0.2, 0.25) is 0 Å². The van der Waals surface area contributed by atoms with Gasteiger partial charge in [0.1, 0.15) is 5.75 Å². The largest absolute Gasteiger partial charge is 0.494 e. The third-order valence-corrected chi connectivity index (χ3v) is 3.57. The molecule has 0 atom stereocenters. The number of ether oxygens (including phenoxy) is 1. The first kappa shape index (κ1) is 15.8. The van der Waals surface area contributed by atoms with E-state index < -0.39 is 0 Å². The van der Waals surface area contributed by atoms with Crippen LogP contribution in [-0.2, 0) is 0 Å². The number of benzene rings is 2. The number of carbonyl (C=O) groups is 1. The number of pyridine rings is 1. The molecule has 0 radical (unpaired) electrons. The molecule has 1 aromatic heterocycles. The highest BCUT2D eigenvalue weighted by molar-refractivity contribution is 5.97. The fourth-order valence-corrected chi connectivity index (χ4v) is 2.49. The van der Waals surface area contributed by atoms with E-state index in [2.05, 4.69) is 15.8 Å². The number of amides is 1. The van der Waals surface area contributed by atoms with Crippen LogP contribution in [0, 0.1) is 6.92 Å². The Bertz CT molecular complexity index is 863. The van der Waals surface area contributed by atoms with Gasteiger partial charge in [-0.2, -0.15) is 0 Å². The summed E-state index contributed by atoms with van der Waals surface area (Å²) in [6.07, 6.45) is 0. The Morgan fingerprint density at radius 3 is 2.67 bits per heavy atom. The maximum absolute atomic E-state index is 12.2. The Morgan fingerprint density at radius 2 is 1.92 bits per heavy atom. The van der Waals surface area contributed by atoms with Crippen molar-refractivity contribution < 1.29 is 9.53 Å². The van der Waals surface area contributed by atoms with Crippen molar-refractivity contribution in [1.82, 2.24) is 10.4 Å². The lowest BCUT2D eigenvalue weighted by Gasteiger charge is -2.13. The molecule has 0 aliphatic carbocycles. The molecule has 0 unspecified atom stereocenters. The smallest absolute Gasteiger partial charge is 0.269 e. The van der Waals surface area contributed by atoms with E-state index in [9.17, 15) is 4.79 Å². The number of carbonyl (C=O) groups excluding carboxylic acids is 1. The molecular formula is C19H19N3O2. The molecule has 0 saturated heterocycles. The number of nitrogens with zero attached hydrogens (tertiary/aromatic N) is 1. The molecule has 2 N–H and O–H groups in total. The summed E-state index contributed by atoms with van der Waals surface area (Å²) >= 11 is 0. The minimum Gasteiger partial charge on any atom is -0.494 e. The number of hydrogen-bond acceptors (Lipinski definition) is 4. The van der Waals surface area contributed by atoms with E-state index in [1.807, 2.05) is 56.3 Å². The second-order valence-electron chi connectivity index (χ2n) is 5.37. The standard InChI is InChI=1S/C19H19N3O2/c1-3-24-15-9-10-16-17(12-15)20-13(2)11-18(16)21-22-19(23)14-7-5-4-6-8-14/h4-12H,3H2,1-2H3,(H,20,21)(H,22,23). The monoisotopic (exact) mass is 321 g/mol. The third-order valence-electron chi connectivity index (χ3n) is 3.57. The van der Waals surface area contributed by atoms with Gasteiger partial charge in [0, 0.05) is 22.7 Å². The van der Waals surface area contributed by atoms with Crippen molar-refractivity contribution in [2.75, 3.05) is 12.0 Å². The van der Waals surface area contributed by atoms with Gasteiger partial charge in [0.2, 0.25) is 0 Å². The molecule has 1 heterocycles. The zero-order valence-corrected chi connectivity index (χ0v) is 13.7. The molecule has 122 valence electrons. The van der Waals surface area contributed by atoms with Gasteiger partial charge >= 0.3 is 0 Å². The molecule has 0 spiro atoms. The van der Waals surface area contributed by atoms with Crippen molar-refractivity contribution in [3.63, 3.8) is 0 Å². The zero-order valence-electron chi connectivity index (χ0n) is 13.7. The molecule has 1 amide bonds. The highest BCUT2D eigenvalue weighted by Crippen LogP contribution is 2.26. The van der Waals surface area contributed by atoms with Gasteiger partial charge in [0.15, 0.2) is 0 Å². The third kappa shape index (κ3) is 3.46. The first-order valence-corrected chi connectivity index (χ1v) is 7.83. The summed E-state index contributed by atoms with van der Waals surface area (Å²) in [6.45, 7) is 4.46. The fraction of sp³-hybridized carbons (Fsp3) is 0.158. The number of rotatable bonds is 5. The fourth-order valence-electron chi connectivity index (χ4n) is 2.49. The number of fused-ring (bicyclic) bond motifs is 1. The van der Waals surface area contributed by atoms with Crippen LogP contribution >= 0.6 is 0 Å². The lowest BCUT2D eigenvalue weighted by molar-refractivity contribution is 0.0962. The number of aromatic nitrogens is 1. The summed E-state index contributed by atoms with van der Waals surface area (Å²) in [5.41, 5.74) is 8.79. The SMILES string of the molecule is CCOc1ccc2c(NNC(=O)c3ccccc3)cc(C)nc2c1. The van der Waals surface area contributed by atoms with Crippen molar-refractivity contribution in [3.8, 4) is 5.75 Å². The Morgan fingerprint density at radius 1 is 1.12 bits per heavy atom. The van der Waals surface area contributed by atoms with E-state index in [0.717, 1.165) is 28.0 Å². The van der Waals surface area contributed by atoms with Crippen LogP contribution in [0.4, 0.5) is 5.69 Å². The molecule has 5 heteroatoms. The van der Waals surface area contributed by atoms with E-state index in [-0.39, 0.29) is 5.91 Å². The molecule has 24 heavy (non-hydrogen) atoms. The van der Waals surface area contributed by atoms with Crippen LogP contribution in [0.5, 0.6) is 5.75 Å². The Labute approximate surface area is 140 Å². The molecule has 0 fully saturated rings. The van der Waals surface area contributed by atoms with Gasteiger partial charge in [-0.1, -0.05) is 18.2 Å². The van der Waals surface area contributed by atoms with Crippen LogP contribution in [0.3, 0.4) is 0 Å². The minimum absolute atomic E-state index is 0.191. The molecule has 3 rings (SSSR count). The first-order chi connectivity index (χ1) is 11.7. The second kappa shape index (κ2) is 7.00. The van der Waals surface area contributed by atoms with E-state index >= 15 is 0 Å². The average Bonchev–Trinajstić information content (AvgIpc) is 2.60. The lowest BCUT2D eigenvalue weighted by atomic mass is 10.1. The highest BCUT2D eigenvalue weighted by atomic mass is 16.5. The maximum Gasteiger partial charge on any atom is 0.269 e. The van der Waals surface area contributed by atoms with Crippen LogP contribution < -0.4 is 15.6 Å². The van der Waals surface area contributed by atoms with Crippen molar-refractivity contribution in [2.24, 2.45) is 0 Å². The van der Waals surface area contributed by atoms with Crippen LogP contribution in [-0.4, -0.2) is 17.5 Å². The zero-order chi connectivity index (χ0) is 16.9. The van der Waals surface area contributed by atoms with Crippen molar-refractivity contribution in [2.45, 2.75) is 13.8 Å². The molecule has 0 bridgehead atoms. The van der Waals surface area contributed by atoms with Crippen LogP contribution in [0.25, 0.3) is 10.9 Å². The van der Waals surface area contributed by atoms with Crippen molar-refractivity contribution in [1.29, 1.82) is 0 Å². The number of anilines is 1. The summed E-state index contributed by atoms with van der Waals surface area (Å²) in [4.78, 5) is 16.7. The van der Waals surface area contributed by atoms with Gasteiger partial charge in [0.25, 0.3) is 5.91 Å². The minimum atomic E-state index is -0.191. The molecule has 0 aliphatic rings. The Kier molecular flexibility index (Phi) is 4.61.